The van der Waals surface area contributed by atoms with E-state index in [9.17, 15) is 9.59 Å². The molecule has 0 radical (unpaired) electrons. The van der Waals surface area contributed by atoms with Gasteiger partial charge in [-0.05, 0) is 80.5 Å². The molecule has 2 aromatic heterocycles. The van der Waals surface area contributed by atoms with Crippen molar-refractivity contribution in [1.82, 2.24) is 15.0 Å². The number of benzene rings is 2. The molecule has 1 atom stereocenters. The first-order valence-corrected chi connectivity index (χ1v) is 12.9. The molecule has 4 aromatic rings. The molecule has 1 amide bonds. The van der Waals surface area contributed by atoms with E-state index in [1.54, 1.807) is 24.5 Å². The Morgan fingerprint density at radius 3 is 2.69 bits per heavy atom. The monoisotopic (exact) mass is 500 g/mol. The second-order valence-corrected chi connectivity index (χ2v) is 10.2. The molecule has 0 saturated heterocycles. The van der Waals surface area contributed by atoms with Crippen molar-refractivity contribution in [3.63, 3.8) is 0 Å². The number of aryl methyl sites for hydroxylation is 3. The smallest absolute Gasteiger partial charge is 0.263 e. The van der Waals surface area contributed by atoms with Crippen molar-refractivity contribution in [2.45, 2.75) is 52.2 Å². The second-order valence-electron chi connectivity index (χ2n) is 9.10. The van der Waals surface area contributed by atoms with E-state index in [0.29, 0.717) is 12.0 Å². The zero-order valence-electron chi connectivity index (χ0n) is 20.4. The summed E-state index contributed by atoms with van der Waals surface area (Å²) in [5, 5.41) is 4.74. The SMILES string of the molecule is Cc1ccc(COc2ccc(C=NNC(=O)C(C)n3cnc4sc5c(c4c3=O)CCCC5)cc2)cc1. The largest absolute Gasteiger partial charge is 0.489 e. The molecule has 184 valence electrons. The predicted octanol–water partition coefficient (Wildman–Crippen LogP) is 4.94. The van der Waals surface area contributed by atoms with Gasteiger partial charge >= 0.3 is 0 Å². The van der Waals surface area contributed by atoms with E-state index in [1.807, 2.05) is 24.3 Å². The van der Waals surface area contributed by atoms with Gasteiger partial charge in [0.15, 0.2) is 0 Å². The molecule has 36 heavy (non-hydrogen) atoms. The number of amides is 1. The highest BCUT2D eigenvalue weighted by Crippen LogP contribution is 2.33. The Morgan fingerprint density at radius 2 is 1.92 bits per heavy atom. The summed E-state index contributed by atoms with van der Waals surface area (Å²) >= 11 is 1.60. The zero-order valence-corrected chi connectivity index (χ0v) is 21.2. The van der Waals surface area contributed by atoms with Crippen molar-refractivity contribution in [3.8, 4) is 5.75 Å². The topological polar surface area (TPSA) is 85.6 Å². The molecule has 8 heteroatoms. The molecule has 7 nitrogen and oxygen atoms in total. The van der Waals surface area contributed by atoms with Gasteiger partial charge < -0.3 is 4.74 Å². The number of nitrogens with zero attached hydrogens (tertiary/aromatic N) is 3. The molecule has 0 spiro atoms. The molecule has 2 heterocycles. The summed E-state index contributed by atoms with van der Waals surface area (Å²) in [6.07, 6.45) is 7.16. The zero-order chi connectivity index (χ0) is 25.1. The first-order valence-electron chi connectivity index (χ1n) is 12.1. The Kier molecular flexibility index (Phi) is 6.95. The van der Waals surface area contributed by atoms with Crippen molar-refractivity contribution in [2.75, 3.05) is 0 Å². The maximum absolute atomic E-state index is 13.2. The molecule has 1 N–H and O–H groups in total. The lowest BCUT2D eigenvalue weighted by Gasteiger charge is -2.14. The molecule has 1 aliphatic rings. The molecular formula is C28H28N4O3S. The van der Waals surface area contributed by atoms with Crippen LogP contribution in [0.3, 0.4) is 0 Å². The number of thiophene rings is 1. The number of carbonyl (C=O) groups is 1. The lowest BCUT2D eigenvalue weighted by molar-refractivity contribution is -0.123. The molecule has 0 bridgehead atoms. The number of hydrogen-bond donors (Lipinski definition) is 1. The minimum atomic E-state index is -0.733. The van der Waals surface area contributed by atoms with Gasteiger partial charge in [0.05, 0.1) is 17.9 Å². The Balaban J connectivity index is 1.20. The summed E-state index contributed by atoms with van der Waals surface area (Å²) in [5.74, 6) is 0.375. The number of aromatic nitrogens is 2. The number of nitrogens with one attached hydrogen (secondary N) is 1. The van der Waals surface area contributed by atoms with Crippen molar-refractivity contribution < 1.29 is 9.53 Å². The van der Waals surface area contributed by atoms with E-state index < -0.39 is 6.04 Å². The number of hydrogen-bond acceptors (Lipinski definition) is 6. The van der Waals surface area contributed by atoms with Crippen LogP contribution in [-0.4, -0.2) is 21.7 Å². The summed E-state index contributed by atoms with van der Waals surface area (Å²) in [5.41, 5.74) is 6.64. The van der Waals surface area contributed by atoms with Crippen molar-refractivity contribution in [2.24, 2.45) is 5.10 Å². The summed E-state index contributed by atoms with van der Waals surface area (Å²) in [7, 11) is 0. The van der Waals surface area contributed by atoms with Gasteiger partial charge in [0.1, 0.15) is 23.2 Å². The Morgan fingerprint density at radius 1 is 1.17 bits per heavy atom. The summed E-state index contributed by atoms with van der Waals surface area (Å²) in [6.45, 7) is 4.23. The number of fused-ring (bicyclic) bond motifs is 3. The van der Waals surface area contributed by atoms with Crippen molar-refractivity contribution in [1.29, 1.82) is 0 Å². The lowest BCUT2D eigenvalue weighted by Crippen LogP contribution is -2.34. The van der Waals surface area contributed by atoms with Gasteiger partial charge in [0.25, 0.3) is 11.5 Å². The third-order valence-corrected chi connectivity index (χ3v) is 7.69. The number of carbonyl (C=O) groups excluding carboxylic acids is 1. The standard InChI is InChI=1S/C28H28N4O3S/c1-18-7-9-21(10-8-18)16-35-22-13-11-20(12-14-22)15-30-31-26(33)19(2)32-17-29-27-25(28(32)34)23-5-3-4-6-24(23)36-27/h7-15,17,19H,3-6,16H2,1-2H3,(H,31,33). The van der Waals surface area contributed by atoms with Gasteiger partial charge in [0.2, 0.25) is 0 Å². The van der Waals surface area contributed by atoms with Crippen LogP contribution >= 0.6 is 11.3 Å². The minimum absolute atomic E-state index is 0.160. The average molecular weight is 501 g/mol. The van der Waals surface area contributed by atoms with E-state index in [4.69, 9.17) is 4.74 Å². The summed E-state index contributed by atoms with van der Waals surface area (Å²) in [6, 6.07) is 15.0. The Hall–Kier alpha value is -3.78. The van der Waals surface area contributed by atoms with Gasteiger partial charge in [-0.15, -0.1) is 11.3 Å². The van der Waals surface area contributed by atoms with Crippen LogP contribution in [0.4, 0.5) is 0 Å². The molecule has 1 aliphatic carbocycles. The quantitative estimate of drug-likeness (QED) is 0.288. The second kappa shape index (κ2) is 10.5. The molecule has 0 aliphatic heterocycles. The van der Waals surface area contributed by atoms with Crippen LogP contribution in [0.1, 0.15) is 52.9 Å². The van der Waals surface area contributed by atoms with E-state index in [-0.39, 0.29) is 11.5 Å². The maximum atomic E-state index is 13.2. The molecule has 2 aromatic carbocycles. The normalized spacial score (nSPS) is 14.1. The summed E-state index contributed by atoms with van der Waals surface area (Å²) < 4.78 is 7.23. The minimum Gasteiger partial charge on any atom is -0.489 e. The van der Waals surface area contributed by atoms with E-state index in [2.05, 4.69) is 46.7 Å². The first-order chi connectivity index (χ1) is 17.5. The van der Waals surface area contributed by atoms with Crippen molar-refractivity contribution in [3.05, 3.63) is 92.3 Å². The van der Waals surface area contributed by atoms with Gasteiger partial charge in [-0.1, -0.05) is 29.8 Å². The number of rotatable bonds is 7. The third-order valence-electron chi connectivity index (χ3n) is 6.49. The van der Waals surface area contributed by atoms with E-state index in [0.717, 1.165) is 53.0 Å². The van der Waals surface area contributed by atoms with Gasteiger partial charge in [0, 0.05) is 4.88 Å². The first kappa shape index (κ1) is 23.9. The highest BCUT2D eigenvalue weighted by atomic mass is 32.1. The predicted molar refractivity (Wildman–Crippen MR) is 143 cm³/mol. The molecule has 0 fully saturated rings. The van der Waals surface area contributed by atoms with Crippen LogP contribution in [0, 0.1) is 6.92 Å². The Labute approximate surface area is 213 Å². The van der Waals surface area contributed by atoms with Crippen LogP contribution in [0.2, 0.25) is 0 Å². The molecule has 1 unspecified atom stereocenters. The molecule has 0 saturated carbocycles. The van der Waals surface area contributed by atoms with Crippen molar-refractivity contribution >= 4 is 33.7 Å². The van der Waals surface area contributed by atoms with Crippen LogP contribution < -0.4 is 15.7 Å². The fourth-order valence-electron chi connectivity index (χ4n) is 4.33. The molecule has 5 rings (SSSR count). The number of ether oxygens (including phenoxy) is 1. The lowest BCUT2D eigenvalue weighted by atomic mass is 9.97. The fourth-order valence-corrected chi connectivity index (χ4v) is 5.55. The highest BCUT2D eigenvalue weighted by Gasteiger charge is 2.23. The van der Waals surface area contributed by atoms with Gasteiger partial charge in [-0.3, -0.25) is 14.2 Å². The fraction of sp³-hybridized carbons (Fsp3) is 0.286. The van der Waals surface area contributed by atoms with Crippen LogP contribution in [0.25, 0.3) is 10.2 Å². The third kappa shape index (κ3) is 5.09. The van der Waals surface area contributed by atoms with Crippen LogP contribution in [0.15, 0.2) is 64.8 Å². The van der Waals surface area contributed by atoms with E-state index >= 15 is 0 Å². The van der Waals surface area contributed by atoms with Crippen LogP contribution in [-0.2, 0) is 24.2 Å². The highest BCUT2D eigenvalue weighted by molar-refractivity contribution is 7.18. The average Bonchev–Trinajstić information content (AvgIpc) is 3.28. The van der Waals surface area contributed by atoms with Crippen LogP contribution in [0.5, 0.6) is 5.75 Å². The van der Waals surface area contributed by atoms with Gasteiger partial charge in [-0.25, -0.2) is 10.4 Å². The Bertz CT molecular complexity index is 1470. The number of hydrazone groups is 1. The van der Waals surface area contributed by atoms with E-state index in [1.165, 1.54) is 21.3 Å². The van der Waals surface area contributed by atoms with Gasteiger partial charge in [-0.2, -0.15) is 5.10 Å². The maximum Gasteiger partial charge on any atom is 0.263 e. The summed E-state index contributed by atoms with van der Waals surface area (Å²) in [4.78, 5) is 32.4. The molecular weight excluding hydrogens is 472 g/mol.